The van der Waals surface area contributed by atoms with Crippen LogP contribution in [0.4, 0.5) is 0 Å². The van der Waals surface area contributed by atoms with Crippen LogP contribution in [0.5, 0.6) is 0 Å². The second kappa shape index (κ2) is 7.23. The molecule has 2 aliphatic heterocycles. The van der Waals surface area contributed by atoms with Gasteiger partial charge in [0.15, 0.2) is 12.1 Å². The first-order chi connectivity index (χ1) is 14.3. The fourth-order valence-electron chi connectivity index (χ4n) is 7.67. The number of fused-ring (bicyclic) bond motifs is 5. The fraction of sp³-hybridized carbons (Fsp3) is 0.680. The van der Waals surface area contributed by atoms with Gasteiger partial charge in [0.1, 0.15) is 0 Å². The predicted octanol–water partition coefficient (Wildman–Crippen LogP) is 5.38. The largest absolute Gasteiger partial charge is 0.318 e. The van der Waals surface area contributed by atoms with Gasteiger partial charge in [0.2, 0.25) is 0 Å². The van der Waals surface area contributed by atoms with Gasteiger partial charge in [-0.25, -0.2) is 4.98 Å². The monoisotopic (exact) mass is 391 g/mol. The summed E-state index contributed by atoms with van der Waals surface area (Å²) in [5, 5.41) is 0. The average molecular weight is 392 g/mol. The molecule has 2 saturated heterocycles. The summed E-state index contributed by atoms with van der Waals surface area (Å²) in [5.74, 6) is 2.60. The Morgan fingerprint density at radius 2 is 1.48 bits per heavy atom. The van der Waals surface area contributed by atoms with E-state index in [0.29, 0.717) is 23.9 Å². The Morgan fingerprint density at radius 1 is 0.793 bits per heavy atom. The van der Waals surface area contributed by atoms with Crippen LogP contribution in [-0.4, -0.2) is 38.9 Å². The number of imidazole rings is 1. The molecule has 0 amide bonds. The van der Waals surface area contributed by atoms with Gasteiger partial charge in [-0.3, -0.25) is 9.69 Å². The second-order valence-electron chi connectivity index (χ2n) is 10.3. The Kier molecular flexibility index (Phi) is 4.52. The molecule has 4 bridgehead atoms. The molecule has 0 unspecified atom stereocenters. The third kappa shape index (κ3) is 3.06. The average Bonchev–Trinajstić information content (AvgIpc) is 3.11. The van der Waals surface area contributed by atoms with Crippen LogP contribution in [0.2, 0.25) is 0 Å². The number of carbonyl (C=O) groups is 1. The number of hydrogen-bond acceptors (Lipinski definition) is 3. The number of benzene rings is 1. The first kappa shape index (κ1) is 18.1. The molecule has 3 heterocycles. The molecule has 2 aromatic rings. The molecule has 29 heavy (non-hydrogen) atoms. The van der Waals surface area contributed by atoms with E-state index in [4.69, 9.17) is 0 Å². The Balaban J connectivity index is 1.30. The van der Waals surface area contributed by atoms with Gasteiger partial charge in [-0.05, 0) is 68.9 Å². The highest BCUT2D eigenvalue weighted by Crippen LogP contribution is 2.47. The molecule has 154 valence electrons. The van der Waals surface area contributed by atoms with E-state index < -0.39 is 0 Å². The molecule has 4 heteroatoms. The first-order valence-corrected chi connectivity index (χ1v) is 12.0. The molecule has 0 radical (unpaired) electrons. The van der Waals surface area contributed by atoms with Crippen molar-refractivity contribution in [3.63, 3.8) is 0 Å². The second-order valence-corrected chi connectivity index (χ2v) is 10.3. The highest BCUT2D eigenvalue weighted by atomic mass is 16.1. The summed E-state index contributed by atoms with van der Waals surface area (Å²) < 4.78 is 2.28. The van der Waals surface area contributed by atoms with Crippen molar-refractivity contribution >= 4 is 17.3 Å². The minimum absolute atomic E-state index is 0.414. The van der Waals surface area contributed by atoms with Crippen LogP contribution in [-0.2, 0) is 0 Å². The third-order valence-electron chi connectivity index (χ3n) is 8.62. The molecule has 6 rings (SSSR count). The van der Waals surface area contributed by atoms with Crippen molar-refractivity contribution in [3.8, 4) is 0 Å². The van der Waals surface area contributed by atoms with Crippen molar-refractivity contribution in [1.29, 1.82) is 0 Å². The van der Waals surface area contributed by atoms with Crippen LogP contribution >= 0.6 is 0 Å². The van der Waals surface area contributed by atoms with Gasteiger partial charge in [-0.15, -0.1) is 0 Å². The van der Waals surface area contributed by atoms with Crippen molar-refractivity contribution in [3.05, 3.63) is 30.1 Å². The van der Waals surface area contributed by atoms with Crippen molar-refractivity contribution in [2.75, 3.05) is 0 Å². The number of para-hydroxylation sites is 2. The minimum Gasteiger partial charge on any atom is -0.318 e. The summed E-state index contributed by atoms with van der Waals surface area (Å²) in [6, 6.07) is 10.9. The lowest BCUT2D eigenvalue weighted by Crippen LogP contribution is -2.58. The Labute approximate surface area is 173 Å². The van der Waals surface area contributed by atoms with Gasteiger partial charge >= 0.3 is 0 Å². The number of nitrogens with zero attached hydrogens (tertiary/aromatic N) is 3. The van der Waals surface area contributed by atoms with E-state index in [1.807, 2.05) is 12.1 Å². The number of aldehydes is 1. The zero-order valence-electron chi connectivity index (χ0n) is 17.4. The van der Waals surface area contributed by atoms with E-state index in [-0.39, 0.29) is 0 Å². The zero-order chi connectivity index (χ0) is 19.4. The van der Waals surface area contributed by atoms with Crippen LogP contribution in [0.3, 0.4) is 0 Å². The maximum Gasteiger partial charge on any atom is 0.185 e. The lowest BCUT2D eigenvalue weighted by molar-refractivity contribution is -0.0483. The molecule has 0 N–H and O–H groups in total. The summed E-state index contributed by atoms with van der Waals surface area (Å²) in [4.78, 5) is 19.4. The van der Waals surface area contributed by atoms with E-state index in [2.05, 4.69) is 26.6 Å². The maximum atomic E-state index is 11.8. The molecular weight excluding hydrogens is 358 g/mol. The van der Waals surface area contributed by atoms with Crippen LogP contribution in [0.1, 0.15) is 87.3 Å². The number of aromatic nitrogens is 2. The maximum absolute atomic E-state index is 11.8. The van der Waals surface area contributed by atoms with Gasteiger partial charge in [-0.1, -0.05) is 37.8 Å². The molecule has 2 aliphatic carbocycles. The lowest BCUT2D eigenvalue weighted by Gasteiger charge is -2.55. The number of carbonyl (C=O) groups excluding carboxylic acids is 1. The molecule has 1 aromatic carbocycles. The molecular formula is C25H33N3O. The number of hydrogen-bond donors (Lipinski definition) is 0. The SMILES string of the molecule is O=Cc1nc2ccccc2n1[C@H]1C[C@H]2CCC[C@@H](C1)N2[C@H]1C[C@@H]2CCC[C@@H](C2)C1. The van der Waals surface area contributed by atoms with E-state index in [1.165, 1.54) is 70.6 Å². The van der Waals surface area contributed by atoms with Crippen molar-refractivity contribution in [2.24, 2.45) is 11.8 Å². The van der Waals surface area contributed by atoms with E-state index in [9.17, 15) is 4.79 Å². The third-order valence-corrected chi connectivity index (χ3v) is 8.62. The van der Waals surface area contributed by atoms with Crippen LogP contribution < -0.4 is 0 Å². The fourth-order valence-corrected chi connectivity index (χ4v) is 7.67. The predicted molar refractivity (Wildman–Crippen MR) is 115 cm³/mol. The smallest absolute Gasteiger partial charge is 0.185 e. The number of rotatable bonds is 3. The zero-order valence-corrected chi connectivity index (χ0v) is 17.4. The Morgan fingerprint density at radius 3 is 2.21 bits per heavy atom. The highest BCUT2D eigenvalue weighted by Gasteiger charge is 2.45. The molecule has 6 atom stereocenters. The van der Waals surface area contributed by atoms with Gasteiger partial charge in [0.05, 0.1) is 11.0 Å². The topological polar surface area (TPSA) is 38.1 Å². The molecule has 4 aliphatic rings. The van der Waals surface area contributed by atoms with Gasteiger partial charge in [-0.2, -0.15) is 0 Å². The van der Waals surface area contributed by atoms with Gasteiger partial charge in [0, 0.05) is 24.2 Å². The van der Waals surface area contributed by atoms with Gasteiger partial charge < -0.3 is 4.57 Å². The summed E-state index contributed by atoms with van der Waals surface area (Å²) in [6.07, 6.45) is 16.2. The summed E-state index contributed by atoms with van der Waals surface area (Å²) in [6.45, 7) is 0. The van der Waals surface area contributed by atoms with E-state index in [1.54, 1.807) is 0 Å². The summed E-state index contributed by atoms with van der Waals surface area (Å²) in [5.41, 5.74) is 2.10. The van der Waals surface area contributed by atoms with Crippen molar-refractivity contribution in [1.82, 2.24) is 14.5 Å². The normalized spacial score (nSPS) is 37.5. The molecule has 4 fully saturated rings. The minimum atomic E-state index is 0.414. The van der Waals surface area contributed by atoms with Crippen LogP contribution in [0, 0.1) is 11.8 Å². The van der Waals surface area contributed by atoms with Crippen LogP contribution in [0.25, 0.3) is 11.0 Å². The van der Waals surface area contributed by atoms with Crippen molar-refractivity contribution in [2.45, 2.75) is 94.8 Å². The number of piperidine rings is 2. The standard InChI is InChI=1S/C25H33N3O/c29-16-25-26-23-9-1-2-10-24(23)28(25)22-14-19-7-4-8-20(15-22)27(19)21-12-17-5-3-6-18(11-17)13-21/h1-2,9-10,16-22H,3-8,11-15H2/t17-,18+,19-,20+,21+,22+. The van der Waals surface area contributed by atoms with E-state index in [0.717, 1.165) is 35.2 Å². The molecule has 1 aromatic heterocycles. The Bertz CT molecular complexity index is 879. The lowest BCUT2D eigenvalue weighted by atomic mass is 9.68. The van der Waals surface area contributed by atoms with Gasteiger partial charge in [0.25, 0.3) is 0 Å². The Hall–Kier alpha value is -1.68. The quantitative estimate of drug-likeness (QED) is 0.660. The van der Waals surface area contributed by atoms with Crippen LogP contribution in [0.15, 0.2) is 24.3 Å². The molecule has 4 nitrogen and oxygen atoms in total. The highest BCUT2D eigenvalue weighted by molar-refractivity contribution is 5.83. The molecule has 2 saturated carbocycles. The summed E-state index contributed by atoms with van der Waals surface area (Å²) in [7, 11) is 0. The van der Waals surface area contributed by atoms with Crippen molar-refractivity contribution < 1.29 is 4.79 Å². The van der Waals surface area contributed by atoms with E-state index >= 15 is 0 Å². The first-order valence-electron chi connectivity index (χ1n) is 12.0. The molecule has 0 spiro atoms. The summed E-state index contributed by atoms with van der Waals surface area (Å²) >= 11 is 0.